The van der Waals surface area contributed by atoms with Crippen LogP contribution < -0.4 is 5.32 Å². The van der Waals surface area contributed by atoms with E-state index in [0.717, 1.165) is 22.4 Å². The maximum Gasteiger partial charge on any atom is 0.434 e. The van der Waals surface area contributed by atoms with Gasteiger partial charge in [0.05, 0.1) is 13.1 Å². The maximum absolute atomic E-state index is 12.6. The van der Waals surface area contributed by atoms with Crippen LogP contribution in [-0.2, 0) is 26.3 Å². The highest BCUT2D eigenvalue weighted by Gasteiger charge is 2.33. The van der Waals surface area contributed by atoms with Gasteiger partial charge in [0.15, 0.2) is 11.7 Å². The summed E-state index contributed by atoms with van der Waals surface area (Å²) in [5.41, 5.74) is 0.247. The molecule has 0 spiro atoms. The number of halogens is 4. The van der Waals surface area contributed by atoms with Gasteiger partial charge in [-0.2, -0.15) is 13.2 Å². The van der Waals surface area contributed by atoms with Gasteiger partial charge in [-0.1, -0.05) is 0 Å². The van der Waals surface area contributed by atoms with Crippen LogP contribution in [0, 0.1) is 0 Å². The van der Waals surface area contributed by atoms with Gasteiger partial charge in [0.1, 0.15) is 5.01 Å². The quantitative estimate of drug-likeness (QED) is 0.398. The molecule has 2 aromatic rings. The van der Waals surface area contributed by atoms with Crippen LogP contribution in [0.5, 0.6) is 0 Å². The normalized spacial score (nSPS) is 12.0. The molecule has 5 nitrogen and oxygen atoms in total. The molecule has 0 saturated carbocycles. The minimum absolute atomic E-state index is 0. The Morgan fingerprint density at radius 3 is 2.68 bits per heavy atom. The molecule has 140 valence electrons. The number of thiazole rings is 1. The molecule has 0 atom stereocenters. The molecule has 0 unspecified atom stereocenters. The lowest BCUT2D eigenvalue weighted by molar-refractivity contribution is -0.140. The summed E-state index contributed by atoms with van der Waals surface area (Å²) in [7, 11) is 3.85. The Balaban J connectivity index is 0.00000312. The lowest BCUT2D eigenvalue weighted by Crippen LogP contribution is -2.38. The average molecular weight is 487 g/mol. The zero-order valence-electron chi connectivity index (χ0n) is 14.2. The molecule has 10 heteroatoms. The van der Waals surface area contributed by atoms with Gasteiger partial charge < -0.3 is 14.8 Å². The third-order valence-electron chi connectivity index (χ3n) is 3.35. The van der Waals surface area contributed by atoms with Crippen molar-refractivity contribution in [3.63, 3.8) is 0 Å². The highest BCUT2D eigenvalue weighted by molar-refractivity contribution is 14.0. The first-order valence-electron chi connectivity index (χ1n) is 7.42. The van der Waals surface area contributed by atoms with Gasteiger partial charge in [0.2, 0.25) is 0 Å². The molecule has 0 amide bonds. The van der Waals surface area contributed by atoms with Gasteiger partial charge >= 0.3 is 6.18 Å². The van der Waals surface area contributed by atoms with E-state index in [1.165, 1.54) is 0 Å². The first-order valence-corrected chi connectivity index (χ1v) is 8.30. The Morgan fingerprint density at radius 1 is 1.44 bits per heavy atom. The molecule has 0 radical (unpaired) electrons. The number of hydrogen-bond acceptors (Lipinski definition) is 3. The Bertz CT molecular complexity index is 695. The SMILES string of the molecule is CCNC(=NCc1nc(C(F)(F)F)cs1)N(C)Cc1cccn1C.I. The minimum atomic E-state index is -4.41. The number of nitrogens with zero attached hydrogens (tertiary/aromatic N) is 4. The van der Waals surface area contributed by atoms with Crippen molar-refractivity contribution in [2.45, 2.75) is 26.2 Å². The predicted molar refractivity (Wildman–Crippen MR) is 104 cm³/mol. The van der Waals surface area contributed by atoms with E-state index in [0.29, 0.717) is 24.1 Å². The van der Waals surface area contributed by atoms with Crippen LogP contribution in [0.25, 0.3) is 0 Å². The fourth-order valence-corrected chi connectivity index (χ4v) is 2.83. The third kappa shape index (κ3) is 6.17. The van der Waals surface area contributed by atoms with Crippen molar-refractivity contribution >= 4 is 41.3 Å². The first-order chi connectivity index (χ1) is 11.3. The summed E-state index contributed by atoms with van der Waals surface area (Å²) in [5, 5.41) is 4.50. The highest BCUT2D eigenvalue weighted by atomic mass is 127. The monoisotopic (exact) mass is 487 g/mol. The predicted octanol–water partition coefficient (Wildman–Crippen LogP) is 3.72. The molecule has 0 fully saturated rings. The van der Waals surface area contributed by atoms with Crippen LogP contribution in [0.15, 0.2) is 28.7 Å². The summed E-state index contributed by atoms with van der Waals surface area (Å²) in [6.45, 7) is 3.36. The van der Waals surface area contributed by atoms with E-state index in [1.807, 2.05) is 48.8 Å². The van der Waals surface area contributed by atoms with Crippen molar-refractivity contribution in [3.05, 3.63) is 40.1 Å². The van der Waals surface area contributed by atoms with E-state index in [2.05, 4.69) is 15.3 Å². The molecule has 0 aliphatic carbocycles. The summed E-state index contributed by atoms with van der Waals surface area (Å²) in [4.78, 5) is 9.92. The fourth-order valence-electron chi connectivity index (χ4n) is 2.10. The van der Waals surface area contributed by atoms with Crippen molar-refractivity contribution in [3.8, 4) is 0 Å². The van der Waals surface area contributed by atoms with Crippen LogP contribution in [0.1, 0.15) is 23.3 Å². The number of aromatic nitrogens is 2. The maximum atomic E-state index is 12.6. The van der Waals surface area contributed by atoms with Crippen LogP contribution >= 0.6 is 35.3 Å². The zero-order valence-corrected chi connectivity index (χ0v) is 17.3. The van der Waals surface area contributed by atoms with Crippen molar-refractivity contribution in [2.24, 2.45) is 12.0 Å². The standard InChI is InChI=1S/C15H20F3N5S.HI/c1-4-19-14(23(3)9-11-6-5-7-22(11)2)20-8-13-21-12(10-24-13)15(16,17)18;/h5-7,10H,4,8-9H2,1-3H3,(H,19,20);1H. The summed E-state index contributed by atoms with van der Waals surface area (Å²) >= 11 is 0.967. The van der Waals surface area contributed by atoms with E-state index in [9.17, 15) is 13.2 Å². The second-order valence-corrected chi connectivity index (χ2v) is 6.20. The smallest absolute Gasteiger partial charge is 0.357 e. The number of hydrogen-bond donors (Lipinski definition) is 1. The molecule has 2 rings (SSSR count). The van der Waals surface area contributed by atoms with E-state index in [-0.39, 0.29) is 30.5 Å². The molecule has 1 N–H and O–H groups in total. The second-order valence-electron chi connectivity index (χ2n) is 5.26. The minimum Gasteiger partial charge on any atom is -0.357 e. The largest absolute Gasteiger partial charge is 0.434 e. The summed E-state index contributed by atoms with van der Waals surface area (Å²) in [6, 6.07) is 3.97. The van der Waals surface area contributed by atoms with E-state index in [4.69, 9.17) is 0 Å². The van der Waals surface area contributed by atoms with Crippen molar-refractivity contribution < 1.29 is 13.2 Å². The van der Waals surface area contributed by atoms with Gasteiger partial charge in [-0.05, 0) is 19.1 Å². The molecular formula is C15H21F3IN5S. The van der Waals surface area contributed by atoms with Crippen LogP contribution in [0.2, 0.25) is 0 Å². The zero-order chi connectivity index (χ0) is 17.7. The van der Waals surface area contributed by atoms with Gasteiger partial charge in [0.25, 0.3) is 0 Å². The van der Waals surface area contributed by atoms with Crippen LogP contribution in [0.4, 0.5) is 13.2 Å². The Morgan fingerprint density at radius 2 is 2.16 bits per heavy atom. The Hall–Kier alpha value is -1.30. The number of aliphatic imine (C=N–C) groups is 1. The molecule has 2 heterocycles. The molecular weight excluding hydrogens is 466 g/mol. The molecule has 0 aromatic carbocycles. The van der Waals surface area contributed by atoms with Crippen LogP contribution in [-0.4, -0.2) is 34.0 Å². The van der Waals surface area contributed by atoms with Gasteiger partial charge in [-0.15, -0.1) is 35.3 Å². The molecule has 0 bridgehead atoms. The first kappa shape index (κ1) is 21.7. The summed E-state index contributed by atoms with van der Waals surface area (Å²) < 4.78 is 39.8. The van der Waals surface area contributed by atoms with Crippen LogP contribution in [0.3, 0.4) is 0 Å². The number of alkyl halides is 3. The lowest BCUT2D eigenvalue weighted by Gasteiger charge is -2.22. The topological polar surface area (TPSA) is 45.5 Å². The average Bonchev–Trinajstić information content (AvgIpc) is 3.13. The third-order valence-corrected chi connectivity index (χ3v) is 4.19. The fraction of sp³-hybridized carbons (Fsp3) is 0.467. The Kier molecular flexibility index (Phi) is 8.19. The number of aryl methyl sites for hydroxylation is 1. The molecule has 0 saturated heterocycles. The van der Waals surface area contributed by atoms with E-state index < -0.39 is 11.9 Å². The van der Waals surface area contributed by atoms with Crippen molar-refractivity contribution in [1.29, 1.82) is 0 Å². The molecule has 0 aliphatic heterocycles. The molecule has 0 aliphatic rings. The second kappa shape index (κ2) is 9.41. The summed E-state index contributed by atoms with van der Waals surface area (Å²) in [6.07, 6.45) is -2.45. The number of nitrogens with one attached hydrogen (secondary N) is 1. The van der Waals surface area contributed by atoms with Gasteiger partial charge in [0, 0.05) is 37.9 Å². The van der Waals surface area contributed by atoms with Gasteiger partial charge in [-0.3, -0.25) is 0 Å². The van der Waals surface area contributed by atoms with E-state index >= 15 is 0 Å². The van der Waals surface area contributed by atoms with Crippen molar-refractivity contribution in [2.75, 3.05) is 13.6 Å². The summed E-state index contributed by atoms with van der Waals surface area (Å²) in [5.74, 6) is 0.627. The number of guanidine groups is 1. The number of rotatable bonds is 5. The van der Waals surface area contributed by atoms with Crippen molar-refractivity contribution in [1.82, 2.24) is 19.8 Å². The molecule has 25 heavy (non-hydrogen) atoms. The van der Waals surface area contributed by atoms with E-state index in [1.54, 1.807) is 0 Å². The highest BCUT2D eigenvalue weighted by Crippen LogP contribution is 2.30. The molecule has 2 aromatic heterocycles. The Labute approximate surface area is 166 Å². The lowest BCUT2D eigenvalue weighted by atomic mass is 10.4. The van der Waals surface area contributed by atoms with Gasteiger partial charge in [-0.25, -0.2) is 9.98 Å².